The van der Waals surface area contributed by atoms with E-state index in [-0.39, 0.29) is 11.9 Å². The highest BCUT2D eigenvalue weighted by Gasteiger charge is 2.33. The number of aryl methyl sites for hydroxylation is 1. The van der Waals surface area contributed by atoms with Crippen LogP contribution < -0.4 is 0 Å². The van der Waals surface area contributed by atoms with E-state index in [1.807, 2.05) is 73.7 Å². The van der Waals surface area contributed by atoms with Gasteiger partial charge in [-0.2, -0.15) is 5.10 Å². The van der Waals surface area contributed by atoms with Crippen LogP contribution in [0.2, 0.25) is 10.0 Å². The Morgan fingerprint density at radius 1 is 0.909 bits per heavy atom. The van der Waals surface area contributed by atoms with E-state index in [1.54, 1.807) is 11.9 Å². The predicted octanol–water partition coefficient (Wildman–Crippen LogP) is 7.21. The van der Waals surface area contributed by atoms with Gasteiger partial charge in [0.05, 0.1) is 17.3 Å². The van der Waals surface area contributed by atoms with Crippen molar-refractivity contribution in [3.8, 4) is 11.1 Å². The first-order valence-electron chi connectivity index (χ1n) is 10.7. The summed E-state index contributed by atoms with van der Waals surface area (Å²) in [7, 11) is 0. The Bertz CT molecular complexity index is 1400. The van der Waals surface area contributed by atoms with Gasteiger partial charge in [-0.25, -0.2) is 5.01 Å². The molecule has 33 heavy (non-hydrogen) atoms. The van der Waals surface area contributed by atoms with Crippen molar-refractivity contribution < 1.29 is 4.79 Å². The maximum absolute atomic E-state index is 12.5. The quantitative estimate of drug-likeness (QED) is 0.315. The van der Waals surface area contributed by atoms with Gasteiger partial charge >= 0.3 is 0 Å². The summed E-state index contributed by atoms with van der Waals surface area (Å²) in [5.74, 6) is -0.107. The first-order valence-corrected chi connectivity index (χ1v) is 11.5. The fraction of sp³-hybridized carbons (Fsp3) is 0.148. The number of hydrogen-bond acceptors (Lipinski definition) is 3. The van der Waals surface area contributed by atoms with Gasteiger partial charge in [-0.05, 0) is 48.4 Å². The number of fused-ring (bicyclic) bond motifs is 1. The van der Waals surface area contributed by atoms with Crippen LogP contribution >= 0.6 is 23.2 Å². The molecule has 0 radical (unpaired) electrons. The van der Waals surface area contributed by atoms with E-state index in [1.165, 1.54) is 0 Å². The number of hydrogen-bond donors (Lipinski definition) is 0. The molecule has 3 aromatic carbocycles. The Labute approximate surface area is 202 Å². The lowest BCUT2D eigenvalue weighted by Gasteiger charge is -2.20. The average molecular weight is 474 g/mol. The summed E-state index contributed by atoms with van der Waals surface area (Å²) in [5, 5.41) is 8.75. The molecule has 1 amide bonds. The number of pyridine rings is 1. The molecule has 0 unspecified atom stereocenters. The van der Waals surface area contributed by atoms with Crippen molar-refractivity contribution in [2.45, 2.75) is 26.3 Å². The van der Waals surface area contributed by atoms with E-state index in [0.29, 0.717) is 16.5 Å². The number of halogens is 2. The van der Waals surface area contributed by atoms with Crippen LogP contribution in [-0.4, -0.2) is 21.6 Å². The standard InChI is InChI=1S/C27H21Cl2N3O/c1-16-26(24-15-25(32(31-24)17(2)33)18-7-11-20(28)12-8-18)27(19-9-13-21(29)14-10-19)22-5-3-4-6-23(22)30-16/h3-14,25H,15H2,1-2H3/t25-/m1/s1. The molecule has 6 heteroatoms. The van der Waals surface area contributed by atoms with E-state index in [9.17, 15) is 4.79 Å². The zero-order valence-corrected chi connectivity index (χ0v) is 19.7. The van der Waals surface area contributed by atoms with Gasteiger partial charge in [0.2, 0.25) is 5.91 Å². The third-order valence-corrected chi connectivity index (χ3v) is 6.49. The van der Waals surface area contributed by atoms with Gasteiger partial charge in [-0.3, -0.25) is 9.78 Å². The number of nitrogens with zero attached hydrogens (tertiary/aromatic N) is 3. The van der Waals surface area contributed by atoms with Gasteiger partial charge in [0.1, 0.15) is 0 Å². The van der Waals surface area contributed by atoms with Crippen LogP contribution in [0.25, 0.3) is 22.0 Å². The lowest BCUT2D eigenvalue weighted by Crippen LogP contribution is -2.24. The first kappa shape index (κ1) is 21.6. The molecule has 0 spiro atoms. The second kappa shape index (κ2) is 8.62. The monoisotopic (exact) mass is 473 g/mol. The van der Waals surface area contributed by atoms with Gasteiger partial charge in [0.15, 0.2) is 0 Å². The molecule has 164 valence electrons. The first-order chi connectivity index (χ1) is 15.9. The highest BCUT2D eigenvalue weighted by atomic mass is 35.5. The topological polar surface area (TPSA) is 45.6 Å². The summed E-state index contributed by atoms with van der Waals surface area (Å²) in [6.07, 6.45) is 0.586. The molecule has 1 aromatic heterocycles. The minimum Gasteiger partial charge on any atom is -0.273 e. The van der Waals surface area contributed by atoms with E-state index < -0.39 is 0 Å². The smallest absolute Gasteiger partial charge is 0.240 e. The normalized spacial score (nSPS) is 15.7. The molecule has 1 aliphatic rings. The van der Waals surface area contributed by atoms with Crippen LogP contribution in [0.3, 0.4) is 0 Å². The van der Waals surface area contributed by atoms with Gasteiger partial charge < -0.3 is 0 Å². The van der Waals surface area contributed by atoms with E-state index in [0.717, 1.165) is 44.6 Å². The molecule has 0 bridgehead atoms. The molecule has 2 heterocycles. The van der Waals surface area contributed by atoms with Crippen molar-refractivity contribution >= 4 is 45.7 Å². The summed E-state index contributed by atoms with van der Waals surface area (Å²) in [5.41, 5.74) is 6.66. The summed E-state index contributed by atoms with van der Waals surface area (Å²) in [6, 6.07) is 23.3. The maximum Gasteiger partial charge on any atom is 0.240 e. The number of para-hydroxylation sites is 1. The number of rotatable bonds is 3. The molecule has 4 nitrogen and oxygen atoms in total. The number of hydrazone groups is 1. The Morgan fingerprint density at radius 3 is 2.21 bits per heavy atom. The Kier molecular flexibility index (Phi) is 5.65. The molecule has 0 saturated heterocycles. The zero-order valence-electron chi connectivity index (χ0n) is 18.2. The lowest BCUT2D eigenvalue weighted by atomic mass is 9.89. The van der Waals surface area contributed by atoms with E-state index >= 15 is 0 Å². The lowest BCUT2D eigenvalue weighted by molar-refractivity contribution is -0.130. The van der Waals surface area contributed by atoms with Crippen LogP contribution in [0.4, 0.5) is 0 Å². The van der Waals surface area contributed by atoms with Crippen LogP contribution in [0.5, 0.6) is 0 Å². The highest BCUT2D eigenvalue weighted by molar-refractivity contribution is 6.31. The summed E-state index contributed by atoms with van der Waals surface area (Å²) >= 11 is 12.3. The molecule has 1 atom stereocenters. The second-order valence-corrected chi connectivity index (χ2v) is 9.03. The number of carbonyl (C=O) groups is 1. The third kappa shape index (κ3) is 4.01. The van der Waals surface area contributed by atoms with Crippen LogP contribution in [0.15, 0.2) is 77.9 Å². The van der Waals surface area contributed by atoms with Crippen molar-refractivity contribution in [3.63, 3.8) is 0 Å². The minimum atomic E-state index is -0.196. The van der Waals surface area contributed by atoms with Crippen molar-refractivity contribution in [1.29, 1.82) is 0 Å². The number of benzene rings is 3. The molecule has 1 aliphatic heterocycles. The third-order valence-electron chi connectivity index (χ3n) is 5.98. The Hall–Kier alpha value is -3.21. The summed E-state index contributed by atoms with van der Waals surface area (Å²) in [4.78, 5) is 17.4. The average Bonchev–Trinajstić information content (AvgIpc) is 3.24. The molecule has 0 saturated carbocycles. The minimum absolute atomic E-state index is 0.107. The fourth-order valence-corrected chi connectivity index (χ4v) is 4.75. The number of carbonyl (C=O) groups excluding carboxylic acids is 1. The summed E-state index contributed by atoms with van der Waals surface area (Å²) in [6.45, 7) is 3.54. The summed E-state index contributed by atoms with van der Waals surface area (Å²) < 4.78 is 0. The van der Waals surface area contributed by atoms with Gasteiger partial charge in [0.25, 0.3) is 0 Å². The van der Waals surface area contributed by atoms with Gasteiger partial charge in [-0.15, -0.1) is 0 Å². The zero-order chi connectivity index (χ0) is 23.1. The molecule has 0 N–H and O–H groups in total. The molecule has 4 aromatic rings. The predicted molar refractivity (Wildman–Crippen MR) is 135 cm³/mol. The largest absolute Gasteiger partial charge is 0.273 e. The van der Waals surface area contributed by atoms with Crippen LogP contribution in [-0.2, 0) is 4.79 Å². The highest BCUT2D eigenvalue weighted by Crippen LogP contribution is 2.39. The number of amides is 1. The van der Waals surface area contributed by atoms with Crippen molar-refractivity contribution in [1.82, 2.24) is 9.99 Å². The molecule has 5 rings (SSSR count). The SMILES string of the molecule is CC(=O)N1N=C(c2c(C)nc3ccccc3c2-c2ccc(Cl)cc2)C[C@@H]1c1ccc(Cl)cc1. The Balaban J connectivity index is 1.71. The number of aromatic nitrogens is 1. The second-order valence-electron chi connectivity index (χ2n) is 8.15. The fourth-order valence-electron chi connectivity index (χ4n) is 4.50. The molecular weight excluding hydrogens is 453 g/mol. The van der Waals surface area contributed by atoms with Gasteiger partial charge in [-0.1, -0.05) is 65.7 Å². The van der Waals surface area contributed by atoms with Crippen molar-refractivity contribution in [2.24, 2.45) is 5.10 Å². The van der Waals surface area contributed by atoms with E-state index in [4.69, 9.17) is 33.3 Å². The molecular formula is C27H21Cl2N3O. The van der Waals surface area contributed by atoms with Crippen molar-refractivity contribution in [3.05, 3.63) is 99.7 Å². The van der Waals surface area contributed by atoms with Crippen LogP contribution in [0.1, 0.15) is 36.2 Å². The van der Waals surface area contributed by atoms with Gasteiger partial charge in [0, 0.05) is 45.6 Å². The molecule has 0 aliphatic carbocycles. The molecule has 0 fully saturated rings. The maximum atomic E-state index is 12.5. The Morgan fingerprint density at radius 2 is 1.55 bits per heavy atom. The van der Waals surface area contributed by atoms with E-state index in [2.05, 4.69) is 6.07 Å². The van der Waals surface area contributed by atoms with Crippen LogP contribution in [0, 0.1) is 6.92 Å². The van der Waals surface area contributed by atoms with Crippen molar-refractivity contribution in [2.75, 3.05) is 0 Å².